The van der Waals surface area contributed by atoms with Crippen LogP contribution in [0.25, 0.3) is 11.1 Å². The third kappa shape index (κ3) is 3.66. The Bertz CT molecular complexity index is 1410. The van der Waals surface area contributed by atoms with Crippen molar-refractivity contribution < 1.29 is 9.13 Å². The molecule has 7 heteroatoms. The van der Waals surface area contributed by atoms with Gasteiger partial charge in [-0.25, -0.2) is 13.8 Å². The van der Waals surface area contributed by atoms with E-state index in [0.29, 0.717) is 0 Å². The van der Waals surface area contributed by atoms with Gasteiger partial charge in [-0.3, -0.25) is 9.36 Å². The van der Waals surface area contributed by atoms with Crippen LogP contribution in [0, 0.1) is 5.82 Å². The summed E-state index contributed by atoms with van der Waals surface area (Å²) in [5, 5.41) is 0. The number of rotatable bonds is 5. The van der Waals surface area contributed by atoms with Crippen LogP contribution in [0.4, 0.5) is 4.39 Å². The smallest absolute Gasteiger partial charge is 0.335 e. The van der Waals surface area contributed by atoms with Crippen LogP contribution in [0.2, 0.25) is 0 Å². The third-order valence-electron chi connectivity index (χ3n) is 5.91. The van der Waals surface area contributed by atoms with E-state index in [-0.39, 0.29) is 30.0 Å². The van der Waals surface area contributed by atoms with Crippen molar-refractivity contribution in [3.8, 4) is 17.0 Å². The van der Waals surface area contributed by atoms with Crippen LogP contribution in [-0.2, 0) is 6.42 Å². The Labute approximate surface area is 189 Å². The summed E-state index contributed by atoms with van der Waals surface area (Å²) < 4.78 is 23.1. The lowest BCUT2D eigenvalue weighted by atomic mass is 10.1. The fraction of sp³-hybridized carbons (Fsp3) is 0.154. The zero-order valence-corrected chi connectivity index (χ0v) is 17.7. The van der Waals surface area contributed by atoms with Gasteiger partial charge >= 0.3 is 5.69 Å². The summed E-state index contributed by atoms with van der Waals surface area (Å²) >= 11 is 0. The molecule has 0 saturated carbocycles. The fourth-order valence-corrected chi connectivity index (χ4v) is 4.33. The highest BCUT2D eigenvalue weighted by Gasteiger charge is 2.34. The topological polar surface area (TPSA) is 79.2 Å². The lowest BCUT2D eigenvalue weighted by Crippen LogP contribution is -2.46. The van der Waals surface area contributed by atoms with Gasteiger partial charge in [-0.15, -0.1) is 0 Å². The van der Waals surface area contributed by atoms with E-state index < -0.39 is 29.3 Å². The first-order valence-corrected chi connectivity index (χ1v) is 10.7. The first-order valence-electron chi connectivity index (χ1n) is 10.7. The zero-order chi connectivity index (χ0) is 22.9. The summed E-state index contributed by atoms with van der Waals surface area (Å²) in [7, 11) is 0. The molecule has 0 radical (unpaired) electrons. The van der Waals surface area contributed by atoms with Crippen LogP contribution in [0.3, 0.4) is 0 Å². The largest absolute Gasteiger partial charge is 0.476 e. The van der Waals surface area contributed by atoms with Crippen LogP contribution in [0.15, 0.2) is 94.5 Å². The third-order valence-corrected chi connectivity index (χ3v) is 5.91. The number of nitrogens with zero attached hydrogens (tertiary/aromatic N) is 2. The molecule has 5 rings (SSSR count). The number of nitrogens with two attached hydrogens (primary N) is 1. The Morgan fingerprint density at radius 2 is 1.58 bits per heavy atom. The molecule has 0 fully saturated rings. The molecular weight excluding hydrogens is 421 g/mol. The van der Waals surface area contributed by atoms with Crippen molar-refractivity contribution in [1.29, 1.82) is 0 Å². The minimum Gasteiger partial charge on any atom is -0.476 e. The lowest BCUT2D eigenvalue weighted by molar-refractivity contribution is 0.343. The second-order valence-electron chi connectivity index (χ2n) is 7.98. The minimum absolute atomic E-state index is 0.00496. The first-order chi connectivity index (χ1) is 16.1. The van der Waals surface area contributed by atoms with Gasteiger partial charge in [0, 0.05) is 12.0 Å². The van der Waals surface area contributed by atoms with Gasteiger partial charge in [0.1, 0.15) is 24.0 Å². The second kappa shape index (κ2) is 8.52. The molecule has 0 amide bonds. The first kappa shape index (κ1) is 20.9. The van der Waals surface area contributed by atoms with Crippen molar-refractivity contribution >= 4 is 0 Å². The maximum Gasteiger partial charge on any atom is 0.335 e. The van der Waals surface area contributed by atoms with Crippen molar-refractivity contribution in [3.63, 3.8) is 0 Å². The highest BCUT2D eigenvalue weighted by Crippen LogP contribution is 2.36. The number of aromatic nitrogens is 2. The normalized spacial score (nSPS) is 15.6. The Hall–Kier alpha value is -3.97. The Kier molecular flexibility index (Phi) is 5.40. The number of halogens is 1. The number of hydrogen-bond acceptors (Lipinski definition) is 4. The van der Waals surface area contributed by atoms with E-state index in [1.54, 1.807) is 12.1 Å². The van der Waals surface area contributed by atoms with Crippen LogP contribution < -0.4 is 21.7 Å². The average molecular weight is 443 g/mol. The molecule has 2 N–H and O–H groups in total. The van der Waals surface area contributed by atoms with E-state index in [9.17, 15) is 14.0 Å². The van der Waals surface area contributed by atoms with Gasteiger partial charge in [0.05, 0.1) is 6.17 Å². The fourth-order valence-electron chi connectivity index (χ4n) is 4.33. The van der Waals surface area contributed by atoms with Gasteiger partial charge < -0.3 is 10.5 Å². The molecule has 6 nitrogen and oxygen atoms in total. The van der Waals surface area contributed by atoms with Crippen LogP contribution in [0.1, 0.15) is 23.3 Å². The highest BCUT2D eigenvalue weighted by atomic mass is 19.1. The molecule has 2 unspecified atom stereocenters. The van der Waals surface area contributed by atoms with E-state index in [4.69, 9.17) is 10.5 Å². The predicted molar refractivity (Wildman–Crippen MR) is 124 cm³/mol. The lowest BCUT2D eigenvalue weighted by Gasteiger charge is -2.20. The van der Waals surface area contributed by atoms with Crippen LogP contribution in [-0.4, -0.2) is 15.7 Å². The van der Waals surface area contributed by atoms with Gasteiger partial charge in [-0.05, 0) is 17.2 Å². The molecule has 0 saturated heterocycles. The van der Waals surface area contributed by atoms with Crippen LogP contribution in [0.5, 0.6) is 5.88 Å². The number of ether oxygens (including phenoxy) is 1. The monoisotopic (exact) mass is 443 g/mol. The molecule has 2 atom stereocenters. The molecule has 166 valence electrons. The molecule has 2 heterocycles. The Morgan fingerprint density at radius 1 is 0.939 bits per heavy atom. The van der Waals surface area contributed by atoms with E-state index >= 15 is 0 Å². The van der Waals surface area contributed by atoms with Crippen molar-refractivity contribution in [1.82, 2.24) is 9.13 Å². The number of benzene rings is 3. The molecule has 1 aliphatic heterocycles. The van der Waals surface area contributed by atoms with Crippen molar-refractivity contribution in [2.45, 2.75) is 18.6 Å². The van der Waals surface area contributed by atoms with Gasteiger partial charge in [0.2, 0.25) is 5.88 Å². The number of hydrogen-bond donors (Lipinski definition) is 1. The maximum absolute atomic E-state index is 14.8. The molecule has 0 spiro atoms. The van der Waals surface area contributed by atoms with Gasteiger partial charge in [-0.2, -0.15) is 0 Å². The predicted octanol–water partition coefficient (Wildman–Crippen LogP) is 3.50. The summed E-state index contributed by atoms with van der Waals surface area (Å²) in [6, 6.07) is 24.2. The zero-order valence-electron chi connectivity index (χ0n) is 17.7. The van der Waals surface area contributed by atoms with Gasteiger partial charge in [0.15, 0.2) is 0 Å². The Morgan fingerprint density at radius 3 is 2.27 bits per heavy atom. The SMILES string of the molecule is NC(Cc1ccccc1)n1c(=O)c(-c2ccccc2F)c2n(c1=O)C(c1ccccc1)CO2. The van der Waals surface area contributed by atoms with E-state index in [1.807, 2.05) is 60.7 Å². The van der Waals surface area contributed by atoms with Gasteiger partial charge in [-0.1, -0.05) is 78.9 Å². The summed E-state index contributed by atoms with van der Waals surface area (Å²) in [4.78, 5) is 27.2. The second-order valence-corrected chi connectivity index (χ2v) is 7.98. The molecule has 4 aromatic rings. The van der Waals surface area contributed by atoms with Gasteiger partial charge in [0.25, 0.3) is 5.56 Å². The molecular formula is C26H22FN3O3. The molecule has 1 aliphatic rings. The van der Waals surface area contributed by atoms with E-state index in [1.165, 1.54) is 16.7 Å². The highest BCUT2D eigenvalue weighted by molar-refractivity contribution is 5.69. The average Bonchev–Trinajstić information content (AvgIpc) is 3.27. The van der Waals surface area contributed by atoms with Crippen molar-refractivity contribution in [2.75, 3.05) is 6.61 Å². The summed E-state index contributed by atoms with van der Waals surface area (Å²) in [6.45, 7) is 0.151. The summed E-state index contributed by atoms with van der Waals surface area (Å²) in [6.07, 6.45) is -0.670. The van der Waals surface area contributed by atoms with Crippen LogP contribution >= 0.6 is 0 Å². The Balaban J connectivity index is 1.75. The van der Waals surface area contributed by atoms with Crippen molar-refractivity contribution in [2.24, 2.45) is 5.73 Å². The molecule has 33 heavy (non-hydrogen) atoms. The molecule has 0 aliphatic carbocycles. The van der Waals surface area contributed by atoms with E-state index in [2.05, 4.69) is 0 Å². The standard InChI is InChI=1S/C26H22FN3O3/c27-20-14-8-7-13-19(20)23-24(31)30(22(28)15-17-9-3-1-4-10-17)26(32)29-21(16-33-25(23)29)18-11-5-2-6-12-18/h1-14,21-22H,15-16,28H2. The minimum atomic E-state index is -0.937. The molecule has 0 bridgehead atoms. The molecule has 3 aromatic carbocycles. The van der Waals surface area contributed by atoms with E-state index in [0.717, 1.165) is 15.7 Å². The van der Waals surface area contributed by atoms with Crippen molar-refractivity contribution in [3.05, 3.63) is 123 Å². The summed E-state index contributed by atoms with van der Waals surface area (Å²) in [5.74, 6) is -0.516. The molecule has 1 aromatic heterocycles. The summed E-state index contributed by atoms with van der Waals surface area (Å²) in [5.41, 5.74) is 6.95. The maximum atomic E-state index is 14.8. The quantitative estimate of drug-likeness (QED) is 0.512. The number of fused-ring (bicyclic) bond motifs is 1.